The van der Waals surface area contributed by atoms with Crippen LogP contribution in [0.2, 0.25) is 0 Å². The van der Waals surface area contributed by atoms with Gasteiger partial charge in [-0.25, -0.2) is 0 Å². The highest BCUT2D eigenvalue weighted by atomic mass is 14.7. The van der Waals surface area contributed by atoms with Gasteiger partial charge in [0.1, 0.15) is 0 Å². The van der Waals surface area contributed by atoms with E-state index in [1.165, 1.54) is 98.6 Å². The lowest BCUT2D eigenvalue weighted by Gasteiger charge is -2.24. The predicted molar refractivity (Wildman–Crippen MR) is 197 cm³/mol. The normalized spacial score (nSPS) is 13.6. The Morgan fingerprint density at radius 2 is 0.957 bits per heavy atom. The topological polar surface area (TPSA) is 15.8 Å². The molecule has 0 saturated carbocycles. The summed E-state index contributed by atoms with van der Waals surface area (Å²) in [5, 5.41) is 10.3. The molecule has 46 heavy (non-hydrogen) atoms. The molecule has 1 heterocycles. The number of nitrogens with one attached hydrogen (secondary N) is 1. The number of aromatic amines is 1. The second-order valence-corrected chi connectivity index (χ2v) is 13.3. The van der Waals surface area contributed by atoms with E-state index < -0.39 is 0 Å². The average molecular weight is 586 g/mol. The molecule has 0 spiro atoms. The van der Waals surface area contributed by atoms with Gasteiger partial charge in [0, 0.05) is 27.2 Å². The van der Waals surface area contributed by atoms with E-state index in [2.05, 4.69) is 164 Å². The number of H-pyrrole nitrogens is 1. The zero-order chi connectivity index (χ0) is 30.6. The summed E-state index contributed by atoms with van der Waals surface area (Å²) in [6.07, 6.45) is 0. The number of rotatable bonds is 2. The minimum absolute atomic E-state index is 0.0923. The van der Waals surface area contributed by atoms with Crippen molar-refractivity contribution < 1.29 is 0 Å². The number of aromatic nitrogens is 1. The highest BCUT2D eigenvalue weighted by Gasteiger charge is 2.38. The summed E-state index contributed by atoms with van der Waals surface area (Å²) >= 11 is 0. The smallest absolute Gasteiger partial charge is 0.0465 e. The standard InChI is InChI=1S/C45H31N/c1-45(2)37-21-11-9-20-35(37)43-38(45)26-27-13-3-4-14-29(27)44(43)42-33-18-7-5-16-31(33)41(32-17-6-8-19-34(32)42)28-23-24-40-36(25-28)30-15-10-12-22-39(30)46-40/h3-26,46H,1-2H3. The number of fused-ring (bicyclic) bond motifs is 9. The number of benzene rings is 8. The van der Waals surface area contributed by atoms with Gasteiger partial charge in [-0.2, -0.15) is 0 Å². The molecule has 0 aliphatic heterocycles. The zero-order valence-electron chi connectivity index (χ0n) is 25.9. The fourth-order valence-electron chi connectivity index (χ4n) is 8.48. The Labute approximate surface area is 267 Å². The minimum Gasteiger partial charge on any atom is -0.355 e. The van der Waals surface area contributed by atoms with Crippen molar-refractivity contribution in [3.8, 4) is 33.4 Å². The summed E-state index contributed by atoms with van der Waals surface area (Å²) in [6, 6.07) is 54.1. The number of para-hydroxylation sites is 1. The third-order valence-electron chi connectivity index (χ3n) is 10.6. The molecule has 1 nitrogen and oxygen atoms in total. The van der Waals surface area contributed by atoms with Crippen LogP contribution in [0.5, 0.6) is 0 Å². The first-order chi connectivity index (χ1) is 22.6. The van der Waals surface area contributed by atoms with E-state index in [0.717, 1.165) is 0 Å². The molecule has 9 aromatic rings. The maximum absolute atomic E-state index is 3.62. The Bertz CT molecular complexity index is 2660. The summed E-state index contributed by atoms with van der Waals surface area (Å²) < 4.78 is 0. The summed E-state index contributed by atoms with van der Waals surface area (Å²) in [4.78, 5) is 3.62. The molecule has 1 aliphatic carbocycles. The van der Waals surface area contributed by atoms with Gasteiger partial charge in [0.05, 0.1) is 0 Å². The van der Waals surface area contributed by atoms with Crippen molar-refractivity contribution in [1.29, 1.82) is 0 Å². The fourth-order valence-corrected chi connectivity index (χ4v) is 8.48. The largest absolute Gasteiger partial charge is 0.355 e. The first-order valence-corrected chi connectivity index (χ1v) is 16.2. The second-order valence-electron chi connectivity index (χ2n) is 13.3. The van der Waals surface area contributed by atoms with Gasteiger partial charge in [0.15, 0.2) is 0 Å². The third-order valence-corrected chi connectivity index (χ3v) is 10.6. The number of hydrogen-bond acceptors (Lipinski definition) is 0. The Morgan fingerprint density at radius 3 is 1.70 bits per heavy atom. The van der Waals surface area contributed by atoms with Crippen LogP contribution in [0.3, 0.4) is 0 Å². The lowest BCUT2D eigenvalue weighted by Crippen LogP contribution is -2.15. The van der Waals surface area contributed by atoms with Crippen LogP contribution in [0.4, 0.5) is 0 Å². The molecule has 0 bridgehead atoms. The molecule has 216 valence electrons. The van der Waals surface area contributed by atoms with Crippen LogP contribution in [-0.2, 0) is 5.41 Å². The highest BCUT2D eigenvalue weighted by molar-refractivity contribution is 6.26. The van der Waals surface area contributed by atoms with Gasteiger partial charge in [0.2, 0.25) is 0 Å². The maximum Gasteiger partial charge on any atom is 0.0465 e. The van der Waals surface area contributed by atoms with Gasteiger partial charge in [0.25, 0.3) is 0 Å². The van der Waals surface area contributed by atoms with Gasteiger partial charge in [-0.05, 0) is 101 Å². The van der Waals surface area contributed by atoms with Gasteiger partial charge in [-0.1, -0.05) is 135 Å². The molecule has 10 rings (SSSR count). The summed E-state index contributed by atoms with van der Waals surface area (Å²) in [7, 11) is 0. The van der Waals surface area contributed by atoms with Gasteiger partial charge < -0.3 is 4.98 Å². The molecule has 1 heteroatoms. The van der Waals surface area contributed by atoms with Crippen molar-refractivity contribution in [3.05, 3.63) is 157 Å². The summed E-state index contributed by atoms with van der Waals surface area (Å²) in [6.45, 7) is 4.77. The fraction of sp³-hybridized carbons (Fsp3) is 0.0667. The van der Waals surface area contributed by atoms with Gasteiger partial charge in [-0.15, -0.1) is 0 Å². The maximum atomic E-state index is 3.62. The minimum atomic E-state index is -0.0923. The van der Waals surface area contributed by atoms with Crippen LogP contribution in [0.25, 0.3) is 87.5 Å². The van der Waals surface area contributed by atoms with E-state index in [-0.39, 0.29) is 5.41 Å². The Morgan fingerprint density at radius 1 is 0.391 bits per heavy atom. The molecule has 0 fully saturated rings. The summed E-state index contributed by atoms with van der Waals surface area (Å²) in [5.41, 5.74) is 13.0. The quantitative estimate of drug-likeness (QED) is 0.194. The molecule has 0 saturated heterocycles. The van der Waals surface area contributed by atoms with E-state index in [1.807, 2.05) is 0 Å². The van der Waals surface area contributed by atoms with E-state index in [0.29, 0.717) is 0 Å². The third kappa shape index (κ3) is 3.35. The second kappa shape index (κ2) is 9.19. The van der Waals surface area contributed by atoms with Crippen molar-refractivity contribution in [1.82, 2.24) is 4.98 Å². The van der Waals surface area contributed by atoms with Crippen LogP contribution in [0.1, 0.15) is 25.0 Å². The van der Waals surface area contributed by atoms with Crippen molar-refractivity contribution >= 4 is 54.1 Å². The molecule has 0 amide bonds. The molecular weight excluding hydrogens is 555 g/mol. The van der Waals surface area contributed by atoms with Crippen LogP contribution in [0, 0.1) is 0 Å². The lowest BCUT2D eigenvalue weighted by atomic mass is 9.79. The first kappa shape index (κ1) is 25.6. The molecular formula is C45H31N. The Balaban J connectivity index is 1.38. The highest BCUT2D eigenvalue weighted by Crippen LogP contribution is 2.56. The van der Waals surface area contributed by atoms with Gasteiger partial charge >= 0.3 is 0 Å². The van der Waals surface area contributed by atoms with Crippen LogP contribution < -0.4 is 0 Å². The molecule has 0 radical (unpaired) electrons. The first-order valence-electron chi connectivity index (χ1n) is 16.2. The van der Waals surface area contributed by atoms with Crippen LogP contribution in [0.15, 0.2) is 146 Å². The summed E-state index contributed by atoms with van der Waals surface area (Å²) in [5.74, 6) is 0. The predicted octanol–water partition coefficient (Wildman–Crippen LogP) is 12.4. The SMILES string of the molecule is CC1(C)c2ccccc2-c2c1cc1ccccc1c2-c1c2ccccc2c(-c2ccc3[nH]c4ccccc4c3c2)c2ccccc12. The Hall–Kier alpha value is -5.66. The zero-order valence-corrected chi connectivity index (χ0v) is 25.9. The van der Waals surface area contributed by atoms with E-state index in [1.54, 1.807) is 0 Å². The van der Waals surface area contributed by atoms with E-state index in [9.17, 15) is 0 Å². The van der Waals surface area contributed by atoms with Crippen molar-refractivity contribution in [2.75, 3.05) is 0 Å². The molecule has 8 aromatic carbocycles. The molecule has 1 aromatic heterocycles. The monoisotopic (exact) mass is 585 g/mol. The molecule has 1 N–H and O–H groups in total. The van der Waals surface area contributed by atoms with Crippen LogP contribution in [-0.4, -0.2) is 4.98 Å². The molecule has 0 unspecified atom stereocenters. The van der Waals surface area contributed by atoms with Crippen LogP contribution >= 0.6 is 0 Å². The lowest BCUT2D eigenvalue weighted by molar-refractivity contribution is 0.661. The average Bonchev–Trinajstić information content (AvgIpc) is 3.58. The molecule has 1 aliphatic rings. The van der Waals surface area contributed by atoms with E-state index >= 15 is 0 Å². The van der Waals surface area contributed by atoms with Gasteiger partial charge in [-0.3, -0.25) is 0 Å². The Kier molecular flexibility index (Phi) is 5.12. The van der Waals surface area contributed by atoms with Crippen molar-refractivity contribution in [3.63, 3.8) is 0 Å². The number of hydrogen-bond donors (Lipinski definition) is 1. The van der Waals surface area contributed by atoms with E-state index in [4.69, 9.17) is 0 Å². The van der Waals surface area contributed by atoms with Crippen molar-refractivity contribution in [2.45, 2.75) is 19.3 Å². The van der Waals surface area contributed by atoms with Crippen molar-refractivity contribution in [2.24, 2.45) is 0 Å². The molecule has 0 atom stereocenters.